The number of Topliss-reactive ketones (excluding diaryl/α,β-unsaturated/α-hetero) is 1. The first kappa shape index (κ1) is 30.7. The Labute approximate surface area is 264 Å². The average molecular weight is 618 g/mol. The van der Waals surface area contributed by atoms with Crippen molar-refractivity contribution in [2.45, 2.75) is 84.3 Å². The number of carbonyl (C=O) groups is 3. The van der Waals surface area contributed by atoms with Gasteiger partial charge >= 0.3 is 0 Å². The predicted molar refractivity (Wildman–Crippen MR) is 171 cm³/mol. The van der Waals surface area contributed by atoms with Crippen LogP contribution >= 0.6 is 11.9 Å². The number of pyridine rings is 1. The molecule has 2 amide bonds. The van der Waals surface area contributed by atoms with Gasteiger partial charge in [0.2, 0.25) is 5.91 Å². The fourth-order valence-electron chi connectivity index (χ4n) is 8.15. The van der Waals surface area contributed by atoms with E-state index in [1.807, 2.05) is 50.1 Å². The van der Waals surface area contributed by atoms with Gasteiger partial charge in [-0.3, -0.25) is 19.1 Å². The van der Waals surface area contributed by atoms with Gasteiger partial charge in [-0.1, -0.05) is 38.3 Å². The van der Waals surface area contributed by atoms with Gasteiger partial charge in [-0.25, -0.2) is 4.98 Å². The molecule has 2 fully saturated rings. The van der Waals surface area contributed by atoms with Crippen LogP contribution < -0.4 is 9.46 Å². The molecule has 4 aliphatic rings. The maximum atomic E-state index is 14.3. The first-order chi connectivity index (χ1) is 21.0. The number of methoxy groups -OCH3 is 1. The minimum Gasteiger partial charge on any atom is -0.496 e. The van der Waals surface area contributed by atoms with Crippen molar-refractivity contribution >= 4 is 29.5 Å². The number of allylic oxidation sites excluding steroid dienone is 2. The number of hydrogen-bond donors (Lipinski definition) is 1. The summed E-state index contributed by atoms with van der Waals surface area (Å²) in [5.41, 5.74) is 4.97. The number of carbonyl (C=O) groups excluding carboxylic acids is 3. The average Bonchev–Trinajstić information content (AvgIpc) is 2.97. The van der Waals surface area contributed by atoms with E-state index in [9.17, 15) is 14.4 Å². The van der Waals surface area contributed by atoms with Crippen molar-refractivity contribution in [1.82, 2.24) is 14.6 Å². The van der Waals surface area contributed by atoms with Crippen molar-refractivity contribution in [3.05, 3.63) is 58.0 Å². The molecule has 1 saturated heterocycles. The molecule has 1 aromatic heterocycles. The number of rotatable bonds is 6. The number of aromatic nitrogens is 1. The van der Waals surface area contributed by atoms with Crippen molar-refractivity contribution in [2.24, 2.45) is 17.3 Å². The summed E-state index contributed by atoms with van der Waals surface area (Å²) in [5, 5.41) is 0. The van der Waals surface area contributed by atoms with E-state index in [2.05, 4.69) is 18.6 Å². The van der Waals surface area contributed by atoms with E-state index in [1.165, 1.54) is 11.9 Å². The molecule has 0 radical (unpaired) electrons. The topological polar surface area (TPSA) is 97.8 Å². The van der Waals surface area contributed by atoms with Crippen molar-refractivity contribution in [2.75, 3.05) is 20.4 Å². The Morgan fingerprint density at radius 1 is 1.16 bits per heavy atom. The lowest BCUT2D eigenvalue weighted by atomic mass is 9.57. The van der Waals surface area contributed by atoms with Crippen LogP contribution in [0.15, 0.2) is 35.6 Å². The lowest BCUT2D eigenvalue weighted by molar-refractivity contribution is -0.155. The molecule has 234 valence electrons. The molecule has 4 atom stereocenters. The smallest absolute Gasteiger partial charge is 0.279 e. The first-order valence-corrected chi connectivity index (χ1v) is 16.9. The molecular weight excluding hydrogens is 574 g/mol. The van der Waals surface area contributed by atoms with Crippen molar-refractivity contribution in [3.8, 4) is 17.0 Å². The summed E-state index contributed by atoms with van der Waals surface area (Å²) in [5.74, 6) is 0.479. The second kappa shape index (κ2) is 11.5. The Kier molecular flexibility index (Phi) is 8.05. The van der Waals surface area contributed by atoms with Crippen LogP contribution in [0.3, 0.4) is 0 Å². The highest BCUT2D eigenvalue weighted by Gasteiger charge is 2.56. The van der Waals surface area contributed by atoms with Crippen LogP contribution in [-0.4, -0.2) is 60.0 Å². The number of likely N-dealkylation sites (tertiary alicyclic amines) is 1. The summed E-state index contributed by atoms with van der Waals surface area (Å²) in [4.78, 5) is 48.0. The second-order valence-electron chi connectivity index (χ2n) is 13.5. The van der Waals surface area contributed by atoms with Crippen LogP contribution in [0.1, 0.15) is 85.5 Å². The zero-order chi connectivity index (χ0) is 31.5. The highest BCUT2D eigenvalue weighted by atomic mass is 32.2. The van der Waals surface area contributed by atoms with Crippen molar-refractivity contribution in [1.29, 1.82) is 0 Å². The van der Waals surface area contributed by atoms with Crippen LogP contribution in [-0.2, 0) is 14.3 Å². The van der Waals surface area contributed by atoms with E-state index in [0.717, 1.165) is 53.7 Å². The fourth-order valence-corrected chi connectivity index (χ4v) is 8.43. The molecule has 1 N–H and O–H groups in total. The summed E-state index contributed by atoms with van der Waals surface area (Å²) in [6.07, 6.45) is 6.65. The third kappa shape index (κ3) is 4.91. The second-order valence-corrected chi connectivity index (χ2v) is 14.1. The number of hydrogen-bond acceptors (Lipinski definition) is 7. The minimum absolute atomic E-state index is 0.00423. The maximum absolute atomic E-state index is 14.3. The van der Waals surface area contributed by atoms with Gasteiger partial charge in [-0.05, 0) is 67.3 Å². The molecule has 3 heterocycles. The Bertz CT molecular complexity index is 1560. The van der Waals surface area contributed by atoms with E-state index in [-0.39, 0.29) is 41.1 Å². The van der Waals surface area contributed by atoms with E-state index < -0.39 is 11.8 Å². The summed E-state index contributed by atoms with van der Waals surface area (Å²) in [6.45, 7) is 8.17. The standard InChI is InChI=1S/C35H43N3O5S/c1-18(2)23-15-26-30(34(41)38(23)5)31(29-24(39)16-35(13-8-14-35)17-27(29)43-26)28-20(4)21(10-12-25(28)42-6)22-11-9-19(3)32(36-22)33(40)37-44-7/h9-12,18,23,26,30-31H,8,13-17H2,1-7H3,(H,37,40)/t23-,26-,30-,31-/m0/s1. The number of ether oxygens (including phenoxy) is 2. The fraction of sp³-hybridized carbons (Fsp3) is 0.543. The van der Waals surface area contributed by atoms with Gasteiger partial charge in [0.15, 0.2) is 5.78 Å². The van der Waals surface area contributed by atoms with E-state index in [0.29, 0.717) is 35.6 Å². The highest BCUT2D eigenvalue weighted by Crippen LogP contribution is 2.59. The molecule has 44 heavy (non-hydrogen) atoms. The molecule has 1 saturated carbocycles. The molecule has 2 aliphatic heterocycles. The highest BCUT2D eigenvalue weighted by molar-refractivity contribution is 7.97. The zero-order valence-electron chi connectivity index (χ0n) is 26.8. The number of benzene rings is 1. The molecule has 1 spiro atoms. The van der Waals surface area contributed by atoms with Crippen LogP contribution in [0.4, 0.5) is 0 Å². The summed E-state index contributed by atoms with van der Waals surface area (Å²) < 4.78 is 15.5. The lowest BCUT2D eigenvalue weighted by Crippen LogP contribution is -2.58. The number of fused-ring (bicyclic) bond motifs is 1. The molecule has 0 unspecified atom stereocenters. The lowest BCUT2D eigenvalue weighted by Gasteiger charge is -2.53. The molecule has 2 aromatic rings. The van der Waals surface area contributed by atoms with Gasteiger partial charge in [0.05, 0.1) is 18.7 Å². The van der Waals surface area contributed by atoms with Gasteiger partial charge in [0, 0.05) is 61.2 Å². The third-order valence-electron chi connectivity index (χ3n) is 10.6. The Morgan fingerprint density at radius 2 is 1.91 bits per heavy atom. The Balaban J connectivity index is 1.54. The van der Waals surface area contributed by atoms with E-state index in [1.54, 1.807) is 13.4 Å². The van der Waals surface area contributed by atoms with Gasteiger partial charge < -0.3 is 14.4 Å². The SMILES string of the molecule is COc1ccc(-c2ccc(C)c(C(=O)NSC)n2)c(C)c1[C@H]1C2=C(CC3(CCC3)CC2=O)O[C@H]2C[C@@H](C(C)C)N(C)C(=O)[C@@H]21. The molecule has 6 rings (SSSR count). The van der Waals surface area contributed by atoms with Gasteiger partial charge in [-0.2, -0.15) is 0 Å². The number of ketones is 1. The van der Waals surface area contributed by atoms with Crippen LogP contribution in [0, 0.1) is 31.1 Å². The van der Waals surface area contributed by atoms with Crippen molar-refractivity contribution < 1.29 is 23.9 Å². The number of amides is 2. The van der Waals surface area contributed by atoms with E-state index in [4.69, 9.17) is 14.5 Å². The number of piperidine rings is 1. The van der Waals surface area contributed by atoms with Crippen molar-refractivity contribution in [3.63, 3.8) is 0 Å². The zero-order valence-corrected chi connectivity index (χ0v) is 27.6. The molecular formula is C35H43N3O5S. The maximum Gasteiger partial charge on any atom is 0.279 e. The van der Waals surface area contributed by atoms with Gasteiger partial charge in [0.25, 0.3) is 5.91 Å². The minimum atomic E-state index is -0.551. The largest absolute Gasteiger partial charge is 0.496 e. The number of nitrogens with zero attached hydrogens (tertiary/aromatic N) is 2. The molecule has 2 aliphatic carbocycles. The normalized spacial score (nSPS) is 25.8. The summed E-state index contributed by atoms with van der Waals surface area (Å²) in [6, 6.07) is 7.73. The predicted octanol–water partition coefficient (Wildman–Crippen LogP) is 6.15. The molecule has 8 nitrogen and oxygen atoms in total. The Hall–Kier alpha value is -3.33. The van der Waals surface area contributed by atoms with Gasteiger partial charge in [0.1, 0.15) is 23.3 Å². The summed E-state index contributed by atoms with van der Waals surface area (Å²) >= 11 is 1.23. The number of nitrogens with one attached hydrogen (secondary N) is 1. The first-order valence-electron chi connectivity index (χ1n) is 15.7. The quantitative estimate of drug-likeness (QED) is 0.388. The van der Waals surface area contributed by atoms with Gasteiger partial charge in [-0.15, -0.1) is 0 Å². The van der Waals surface area contributed by atoms with Crippen LogP contribution in [0.2, 0.25) is 0 Å². The van der Waals surface area contributed by atoms with Crippen LogP contribution in [0.5, 0.6) is 5.75 Å². The number of aryl methyl sites for hydroxylation is 1. The Morgan fingerprint density at radius 3 is 2.55 bits per heavy atom. The van der Waals surface area contributed by atoms with E-state index >= 15 is 0 Å². The third-order valence-corrected chi connectivity index (χ3v) is 11.0. The summed E-state index contributed by atoms with van der Waals surface area (Å²) in [7, 11) is 3.52. The molecule has 1 aromatic carbocycles. The monoisotopic (exact) mass is 617 g/mol. The molecule has 0 bridgehead atoms. The van der Waals surface area contributed by atoms with Crippen LogP contribution in [0.25, 0.3) is 11.3 Å². The molecule has 9 heteroatoms.